The predicted octanol–water partition coefficient (Wildman–Crippen LogP) is 3.13. The number of halogens is 1. The average molecular weight is 308 g/mol. The quantitative estimate of drug-likeness (QED) is 0.856. The largest absolute Gasteiger partial charge is 0.399 e. The van der Waals surface area contributed by atoms with Gasteiger partial charge in [0.25, 0.3) is 10.0 Å². The van der Waals surface area contributed by atoms with E-state index in [1.165, 1.54) is 13.0 Å². The Labute approximate surface area is 123 Å². The van der Waals surface area contributed by atoms with Crippen molar-refractivity contribution in [1.29, 1.82) is 0 Å². The van der Waals surface area contributed by atoms with Crippen LogP contribution in [0.2, 0.25) is 0 Å². The van der Waals surface area contributed by atoms with Gasteiger partial charge in [-0.15, -0.1) is 0 Å². The maximum atomic E-state index is 13.7. The van der Waals surface area contributed by atoms with E-state index in [4.69, 9.17) is 5.73 Å². The Bertz CT molecular complexity index is 802. The average Bonchev–Trinajstić information content (AvgIpc) is 2.39. The van der Waals surface area contributed by atoms with Gasteiger partial charge in [-0.3, -0.25) is 4.72 Å². The van der Waals surface area contributed by atoms with Crippen molar-refractivity contribution >= 4 is 21.4 Å². The number of nitrogen functional groups attached to an aromatic ring is 1. The molecule has 0 amide bonds. The predicted molar refractivity (Wildman–Crippen MR) is 82.3 cm³/mol. The van der Waals surface area contributed by atoms with E-state index in [2.05, 4.69) is 4.72 Å². The number of aryl methyl sites for hydroxylation is 1. The first-order valence-corrected chi connectivity index (χ1v) is 7.85. The number of benzene rings is 2. The van der Waals surface area contributed by atoms with E-state index in [0.29, 0.717) is 5.69 Å². The van der Waals surface area contributed by atoms with Crippen LogP contribution < -0.4 is 10.5 Å². The van der Waals surface area contributed by atoms with Gasteiger partial charge in [0.05, 0.1) is 10.6 Å². The van der Waals surface area contributed by atoms with Crippen LogP contribution in [0.4, 0.5) is 15.8 Å². The van der Waals surface area contributed by atoms with Crippen molar-refractivity contribution in [1.82, 2.24) is 0 Å². The summed E-state index contributed by atoms with van der Waals surface area (Å²) in [6.45, 7) is 5.12. The van der Waals surface area contributed by atoms with E-state index in [-0.39, 0.29) is 16.1 Å². The van der Waals surface area contributed by atoms with Crippen LogP contribution in [0, 0.1) is 26.6 Å². The molecule has 2 rings (SSSR count). The second kappa shape index (κ2) is 5.37. The lowest BCUT2D eigenvalue weighted by molar-refractivity contribution is 0.591. The molecule has 0 aliphatic heterocycles. The summed E-state index contributed by atoms with van der Waals surface area (Å²) < 4.78 is 41.1. The van der Waals surface area contributed by atoms with E-state index in [9.17, 15) is 12.8 Å². The van der Waals surface area contributed by atoms with Crippen molar-refractivity contribution in [2.75, 3.05) is 10.5 Å². The number of hydrogen-bond acceptors (Lipinski definition) is 3. The van der Waals surface area contributed by atoms with Gasteiger partial charge in [-0.1, -0.05) is 12.1 Å². The molecule has 2 aromatic rings. The van der Waals surface area contributed by atoms with Gasteiger partial charge in [-0.2, -0.15) is 0 Å². The Hall–Kier alpha value is -2.08. The Balaban J connectivity index is 2.51. The molecule has 0 aliphatic rings. The summed E-state index contributed by atoms with van der Waals surface area (Å²) in [7, 11) is -3.90. The molecule has 3 N–H and O–H groups in total. The molecule has 21 heavy (non-hydrogen) atoms. The first kappa shape index (κ1) is 15.3. The molecular formula is C15H17FN2O2S. The van der Waals surface area contributed by atoms with E-state index in [0.717, 1.165) is 17.2 Å². The molecule has 0 aliphatic carbocycles. The molecular weight excluding hydrogens is 291 g/mol. The minimum Gasteiger partial charge on any atom is -0.399 e. The summed E-state index contributed by atoms with van der Waals surface area (Å²) in [5, 5.41) is 0. The molecule has 0 atom stereocenters. The third-order valence-corrected chi connectivity index (χ3v) is 4.95. The van der Waals surface area contributed by atoms with Crippen LogP contribution in [0.5, 0.6) is 0 Å². The molecule has 0 radical (unpaired) electrons. The van der Waals surface area contributed by atoms with Crippen LogP contribution in [0.3, 0.4) is 0 Å². The van der Waals surface area contributed by atoms with Gasteiger partial charge in [-0.05, 0) is 50.1 Å². The molecule has 4 nitrogen and oxygen atoms in total. The van der Waals surface area contributed by atoms with Gasteiger partial charge < -0.3 is 5.73 Å². The highest BCUT2D eigenvalue weighted by Gasteiger charge is 2.20. The second-order valence-electron chi connectivity index (χ2n) is 4.98. The smallest absolute Gasteiger partial charge is 0.262 e. The Morgan fingerprint density at radius 2 is 1.76 bits per heavy atom. The van der Waals surface area contributed by atoms with Crippen LogP contribution in [-0.4, -0.2) is 8.42 Å². The van der Waals surface area contributed by atoms with E-state index in [1.807, 2.05) is 19.9 Å². The molecule has 6 heteroatoms. The van der Waals surface area contributed by atoms with Gasteiger partial charge in [0, 0.05) is 11.3 Å². The maximum Gasteiger partial charge on any atom is 0.262 e. The SMILES string of the molecule is Cc1cccc(NS(=O)(=O)c2cc(N)cc(F)c2C)c1C. The lowest BCUT2D eigenvalue weighted by atomic mass is 10.1. The molecule has 0 aromatic heterocycles. The third-order valence-electron chi connectivity index (χ3n) is 3.46. The fourth-order valence-corrected chi connectivity index (χ4v) is 3.43. The summed E-state index contributed by atoms with van der Waals surface area (Å²) in [6.07, 6.45) is 0. The molecule has 112 valence electrons. The highest BCUT2D eigenvalue weighted by molar-refractivity contribution is 7.92. The number of nitrogens with one attached hydrogen (secondary N) is 1. The van der Waals surface area contributed by atoms with E-state index >= 15 is 0 Å². The van der Waals surface area contributed by atoms with Gasteiger partial charge >= 0.3 is 0 Å². The number of rotatable bonds is 3. The Morgan fingerprint density at radius 3 is 2.43 bits per heavy atom. The van der Waals surface area contributed by atoms with Crippen LogP contribution in [0.1, 0.15) is 16.7 Å². The lowest BCUT2D eigenvalue weighted by Gasteiger charge is -2.14. The molecule has 0 spiro atoms. The minimum absolute atomic E-state index is 0.0435. The van der Waals surface area contributed by atoms with Crippen molar-refractivity contribution in [2.45, 2.75) is 25.7 Å². The highest BCUT2D eigenvalue weighted by atomic mass is 32.2. The number of anilines is 2. The second-order valence-corrected chi connectivity index (χ2v) is 6.63. The molecule has 0 unspecified atom stereocenters. The van der Waals surface area contributed by atoms with Crippen LogP contribution in [0.15, 0.2) is 35.2 Å². The summed E-state index contributed by atoms with van der Waals surface area (Å²) in [5.74, 6) is -0.642. The Morgan fingerprint density at radius 1 is 1.10 bits per heavy atom. The lowest BCUT2D eigenvalue weighted by Crippen LogP contribution is -2.16. The fraction of sp³-hybridized carbons (Fsp3) is 0.200. The van der Waals surface area contributed by atoms with E-state index < -0.39 is 15.8 Å². The standard InChI is InChI=1S/C15H17FN2O2S/c1-9-5-4-6-14(10(9)2)18-21(19,20)15-8-12(17)7-13(16)11(15)3/h4-8,18H,17H2,1-3H3. The number of sulfonamides is 1. The molecule has 2 aromatic carbocycles. The number of hydrogen-bond donors (Lipinski definition) is 2. The zero-order valence-corrected chi connectivity index (χ0v) is 12.9. The zero-order chi connectivity index (χ0) is 15.8. The monoisotopic (exact) mass is 308 g/mol. The first-order chi connectivity index (χ1) is 9.72. The Kier molecular flexibility index (Phi) is 3.91. The molecule has 0 saturated heterocycles. The van der Waals surface area contributed by atoms with E-state index in [1.54, 1.807) is 12.1 Å². The third kappa shape index (κ3) is 3.00. The van der Waals surface area contributed by atoms with Gasteiger partial charge in [-0.25, -0.2) is 12.8 Å². The number of nitrogens with two attached hydrogens (primary N) is 1. The normalized spacial score (nSPS) is 11.4. The summed E-state index contributed by atoms with van der Waals surface area (Å²) in [6, 6.07) is 7.67. The molecule has 0 saturated carbocycles. The molecule has 0 heterocycles. The first-order valence-electron chi connectivity index (χ1n) is 6.37. The highest BCUT2D eigenvalue weighted by Crippen LogP contribution is 2.26. The summed E-state index contributed by atoms with van der Waals surface area (Å²) in [5.41, 5.74) is 7.91. The maximum absolute atomic E-state index is 13.7. The summed E-state index contributed by atoms with van der Waals surface area (Å²) in [4.78, 5) is -0.152. The van der Waals surface area contributed by atoms with Crippen molar-refractivity contribution in [3.8, 4) is 0 Å². The molecule has 0 fully saturated rings. The van der Waals surface area contributed by atoms with Crippen LogP contribution in [0.25, 0.3) is 0 Å². The minimum atomic E-state index is -3.90. The van der Waals surface area contributed by atoms with Crippen LogP contribution >= 0.6 is 0 Å². The van der Waals surface area contributed by atoms with Crippen molar-refractivity contribution in [2.24, 2.45) is 0 Å². The zero-order valence-electron chi connectivity index (χ0n) is 12.1. The van der Waals surface area contributed by atoms with Crippen molar-refractivity contribution in [3.05, 3.63) is 52.8 Å². The molecule has 0 bridgehead atoms. The van der Waals surface area contributed by atoms with Gasteiger partial charge in [0.15, 0.2) is 0 Å². The summed E-state index contributed by atoms with van der Waals surface area (Å²) >= 11 is 0. The van der Waals surface area contributed by atoms with Gasteiger partial charge in [0.2, 0.25) is 0 Å². The van der Waals surface area contributed by atoms with Crippen LogP contribution in [-0.2, 0) is 10.0 Å². The fourth-order valence-electron chi connectivity index (χ4n) is 2.01. The van der Waals surface area contributed by atoms with Gasteiger partial charge in [0.1, 0.15) is 5.82 Å². The van der Waals surface area contributed by atoms with Crippen molar-refractivity contribution in [3.63, 3.8) is 0 Å². The van der Waals surface area contributed by atoms with Crippen molar-refractivity contribution < 1.29 is 12.8 Å². The topological polar surface area (TPSA) is 72.2 Å².